The molecular weight excluding hydrogens is 440 g/mol. The number of hydrogen-bond acceptors (Lipinski definition) is 4. The summed E-state index contributed by atoms with van der Waals surface area (Å²) in [6.45, 7) is 16.5. The molecule has 0 bridgehead atoms. The minimum Gasteiger partial charge on any atom is -0.472 e. The van der Waals surface area contributed by atoms with Gasteiger partial charge in [0.2, 0.25) is 0 Å². The largest absolute Gasteiger partial charge is 0.472 e. The van der Waals surface area contributed by atoms with Crippen LogP contribution < -0.4 is 0 Å². The van der Waals surface area contributed by atoms with Gasteiger partial charge in [0.25, 0.3) is 0 Å². The fraction of sp³-hybridized carbons (Fsp3) is 0.862. The van der Waals surface area contributed by atoms with Crippen LogP contribution in [0, 0.1) is 28.6 Å². The van der Waals surface area contributed by atoms with Crippen LogP contribution in [-0.4, -0.2) is 30.2 Å². The Morgan fingerprint density at radius 1 is 0.971 bits per heavy atom. The van der Waals surface area contributed by atoms with Crippen molar-refractivity contribution in [3.05, 3.63) is 24.2 Å². The molecule has 5 rings (SSSR count). The van der Waals surface area contributed by atoms with Crippen LogP contribution in [0.25, 0.3) is 0 Å². The molecule has 1 aromatic heterocycles. The quantitative estimate of drug-likeness (QED) is 0.449. The average molecular weight is 489 g/mol. The van der Waals surface area contributed by atoms with E-state index in [9.17, 15) is 10.2 Å². The summed E-state index contributed by atoms with van der Waals surface area (Å²) in [4.78, 5) is 0. The SMILES string of the molecule is CC(C)(C)[Si](C)(C)OC1CC[C@@]2(C)[C@H](CC[C@@H]3[C@@H]2CC[C@]2(C)[C@@](O)(c4ccoc4)CC[C@]32O)C1. The van der Waals surface area contributed by atoms with Gasteiger partial charge in [0.15, 0.2) is 8.32 Å². The summed E-state index contributed by atoms with van der Waals surface area (Å²) in [6, 6.07) is 1.89. The van der Waals surface area contributed by atoms with E-state index in [1.807, 2.05) is 6.07 Å². The predicted molar refractivity (Wildman–Crippen MR) is 138 cm³/mol. The van der Waals surface area contributed by atoms with Gasteiger partial charge in [-0.15, -0.1) is 0 Å². The number of hydrogen-bond donors (Lipinski definition) is 2. The van der Waals surface area contributed by atoms with Crippen molar-refractivity contribution >= 4 is 8.32 Å². The van der Waals surface area contributed by atoms with Crippen molar-refractivity contribution in [3.63, 3.8) is 0 Å². The van der Waals surface area contributed by atoms with Gasteiger partial charge in [0.05, 0.1) is 18.1 Å². The van der Waals surface area contributed by atoms with Crippen LogP contribution in [-0.2, 0) is 10.0 Å². The van der Waals surface area contributed by atoms with Crippen LogP contribution in [0.4, 0.5) is 0 Å². The van der Waals surface area contributed by atoms with Gasteiger partial charge in [-0.25, -0.2) is 0 Å². The molecule has 1 aromatic rings. The van der Waals surface area contributed by atoms with Gasteiger partial charge in [0, 0.05) is 17.1 Å². The second-order valence-electron chi connectivity index (χ2n) is 14.4. The Labute approximate surface area is 208 Å². The third kappa shape index (κ3) is 3.25. The van der Waals surface area contributed by atoms with E-state index in [4.69, 9.17) is 8.84 Å². The fourth-order valence-corrected chi connectivity index (χ4v) is 10.3. The number of furan rings is 1. The molecule has 0 saturated heterocycles. The molecule has 4 nitrogen and oxygen atoms in total. The van der Waals surface area contributed by atoms with Crippen molar-refractivity contribution in [2.24, 2.45) is 28.6 Å². The monoisotopic (exact) mass is 488 g/mol. The molecule has 8 atom stereocenters. The summed E-state index contributed by atoms with van der Waals surface area (Å²) in [5.74, 6) is 1.48. The molecule has 0 spiro atoms. The predicted octanol–water partition coefficient (Wildman–Crippen LogP) is 7.02. The molecule has 1 heterocycles. The van der Waals surface area contributed by atoms with Gasteiger partial charge in [-0.1, -0.05) is 34.6 Å². The zero-order valence-corrected chi connectivity index (χ0v) is 23.6. The van der Waals surface area contributed by atoms with Gasteiger partial charge in [-0.2, -0.15) is 0 Å². The van der Waals surface area contributed by atoms with E-state index >= 15 is 0 Å². The van der Waals surface area contributed by atoms with Crippen LogP contribution in [0.5, 0.6) is 0 Å². The van der Waals surface area contributed by atoms with Crippen molar-refractivity contribution in [2.75, 3.05) is 0 Å². The molecule has 0 aliphatic heterocycles. The topological polar surface area (TPSA) is 62.8 Å². The van der Waals surface area contributed by atoms with Crippen molar-refractivity contribution in [2.45, 2.75) is 128 Å². The second-order valence-corrected chi connectivity index (χ2v) is 19.2. The van der Waals surface area contributed by atoms with Crippen molar-refractivity contribution in [3.8, 4) is 0 Å². The molecule has 34 heavy (non-hydrogen) atoms. The molecule has 4 aliphatic carbocycles. The van der Waals surface area contributed by atoms with Crippen LogP contribution in [0.1, 0.15) is 98.0 Å². The lowest BCUT2D eigenvalue weighted by Gasteiger charge is -2.64. The Kier molecular flexibility index (Phi) is 5.67. The summed E-state index contributed by atoms with van der Waals surface area (Å²) in [7, 11) is -1.77. The van der Waals surface area contributed by atoms with E-state index in [2.05, 4.69) is 47.7 Å². The van der Waals surface area contributed by atoms with Gasteiger partial charge in [0.1, 0.15) is 5.60 Å². The third-order valence-electron chi connectivity index (χ3n) is 12.2. The first-order chi connectivity index (χ1) is 15.7. The Morgan fingerprint density at radius 3 is 2.35 bits per heavy atom. The second kappa shape index (κ2) is 7.69. The average Bonchev–Trinajstić information content (AvgIpc) is 3.35. The Bertz CT molecular complexity index is 906. The maximum absolute atomic E-state index is 12.4. The highest BCUT2D eigenvalue weighted by Gasteiger charge is 2.72. The maximum Gasteiger partial charge on any atom is 0.192 e. The van der Waals surface area contributed by atoms with Crippen molar-refractivity contribution in [1.82, 2.24) is 0 Å². The lowest BCUT2D eigenvalue weighted by Crippen LogP contribution is -2.64. The van der Waals surface area contributed by atoms with Crippen LogP contribution in [0.3, 0.4) is 0 Å². The molecule has 4 aliphatic rings. The van der Waals surface area contributed by atoms with Crippen molar-refractivity contribution in [1.29, 1.82) is 0 Å². The van der Waals surface area contributed by atoms with E-state index in [0.29, 0.717) is 30.8 Å². The van der Waals surface area contributed by atoms with Gasteiger partial charge in [-0.05, 0) is 105 Å². The minimum absolute atomic E-state index is 0.247. The molecule has 0 radical (unpaired) electrons. The van der Waals surface area contributed by atoms with Gasteiger partial charge >= 0.3 is 0 Å². The fourth-order valence-electron chi connectivity index (χ4n) is 8.87. The van der Waals surface area contributed by atoms with E-state index in [1.54, 1.807) is 12.5 Å². The Hall–Kier alpha value is -0.623. The zero-order chi connectivity index (χ0) is 24.8. The van der Waals surface area contributed by atoms with E-state index in [0.717, 1.165) is 31.2 Å². The van der Waals surface area contributed by atoms with Crippen molar-refractivity contribution < 1.29 is 19.1 Å². The van der Waals surface area contributed by atoms with Crippen LogP contribution >= 0.6 is 0 Å². The number of fused-ring (bicyclic) bond motifs is 5. The molecule has 0 amide bonds. The highest BCUT2D eigenvalue weighted by molar-refractivity contribution is 6.74. The maximum atomic E-state index is 12.4. The molecular formula is C29H48O4Si. The molecule has 4 fully saturated rings. The normalized spacial score (nSPS) is 47.1. The van der Waals surface area contributed by atoms with Crippen LogP contribution in [0.15, 0.2) is 23.0 Å². The zero-order valence-electron chi connectivity index (χ0n) is 22.6. The first kappa shape index (κ1) is 25.0. The number of rotatable bonds is 3. The van der Waals surface area contributed by atoms with Crippen LogP contribution in [0.2, 0.25) is 18.1 Å². The summed E-state index contributed by atoms with van der Waals surface area (Å²) < 4.78 is 12.3. The van der Waals surface area contributed by atoms with Gasteiger partial charge in [-0.3, -0.25) is 0 Å². The highest BCUT2D eigenvalue weighted by Crippen LogP contribution is 2.71. The van der Waals surface area contributed by atoms with E-state index in [1.165, 1.54) is 19.3 Å². The molecule has 5 heteroatoms. The minimum atomic E-state index is -1.77. The standard InChI is InChI=1S/C29H48O4Si/c1-25(2,3)34(6,7)33-22-10-13-26(4)20(18-22)8-9-24-23(26)11-14-27(5)28(30,15-16-29(24,27)31)21-12-17-32-19-21/h12,17,19-20,22-24,30-31H,8-11,13-16,18H2,1-7H3/t20-,22?,23+,24-,26+,27-,28+,29+/m1/s1. The van der Waals surface area contributed by atoms with E-state index in [-0.39, 0.29) is 16.4 Å². The molecule has 192 valence electrons. The molecule has 4 saturated carbocycles. The Morgan fingerprint density at radius 2 is 1.71 bits per heavy atom. The lowest BCUT2D eigenvalue weighted by molar-refractivity contribution is -0.238. The molecule has 2 N–H and O–H groups in total. The summed E-state index contributed by atoms with van der Waals surface area (Å²) in [5.41, 5.74) is -1.25. The van der Waals surface area contributed by atoms with E-state index < -0.39 is 24.9 Å². The summed E-state index contributed by atoms with van der Waals surface area (Å²) in [5, 5.41) is 24.6. The smallest absolute Gasteiger partial charge is 0.192 e. The summed E-state index contributed by atoms with van der Waals surface area (Å²) >= 11 is 0. The highest BCUT2D eigenvalue weighted by atomic mass is 28.4. The third-order valence-corrected chi connectivity index (χ3v) is 16.8. The van der Waals surface area contributed by atoms with Gasteiger partial charge < -0.3 is 19.1 Å². The first-order valence-electron chi connectivity index (χ1n) is 13.8. The number of aliphatic hydroxyl groups is 2. The summed E-state index contributed by atoms with van der Waals surface area (Å²) in [6.07, 6.45) is 12.8. The first-order valence-corrected chi connectivity index (χ1v) is 16.7. The lowest BCUT2D eigenvalue weighted by atomic mass is 9.43. The molecule has 1 unspecified atom stereocenters. The Balaban J connectivity index is 1.37. The molecule has 0 aromatic carbocycles.